The number of hydrogen-bond donors (Lipinski definition) is 2. The third kappa shape index (κ3) is 3.76. The van der Waals surface area contributed by atoms with Crippen molar-refractivity contribution in [3.05, 3.63) is 65.1 Å². The summed E-state index contributed by atoms with van der Waals surface area (Å²) in [6.45, 7) is 2.17. The highest BCUT2D eigenvalue weighted by molar-refractivity contribution is 7.89. The van der Waals surface area contributed by atoms with E-state index in [0.717, 1.165) is 0 Å². The molecule has 1 aliphatic heterocycles. The number of nitrogens with two attached hydrogens (primary N) is 1. The number of sulfonamides is 1. The monoisotopic (exact) mass is 435 g/mol. The summed E-state index contributed by atoms with van der Waals surface area (Å²) < 4.78 is 42.5. The number of primary sulfonamides is 1. The Kier molecular flexibility index (Phi) is 5.84. The van der Waals surface area contributed by atoms with Crippen LogP contribution in [-0.2, 0) is 14.8 Å². The molecule has 0 aliphatic carbocycles. The van der Waals surface area contributed by atoms with Gasteiger partial charge in [-0.1, -0.05) is 18.2 Å². The molecule has 0 saturated carbocycles. The molecular formula is C20H22FN3O5S. The minimum absolute atomic E-state index is 0.0186. The predicted molar refractivity (Wildman–Crippen MR) is 108 cm³/mol. The van der Waals surface area contributed by atoms with E-state index in [1.165, 1.54) is 31.4 Å². The van der Waals surface area contributed by atoms with Crippen molar-refractivity contribution in [2.24, 2.45) is 5.14 Å². The van der Waals surface area contributed by atoms with Gasteiger partial charge in [0.05, 0.1) is 18.0 Å². The van der Waals surface area contributed by atoms with Crippen molar-refractivity contribution >= 4 is 21.6 Å². The number of methoxy groups -OCH3 is 1. The van der Waals surface area contributed by atoms with Crippen LogP contribution < -0.4 is 9.88 Å². The molecule has 1 atom stereocenters. The third-order valence-electron chi connectivity index (χ3n) is 5.03. The fourth-order valence-electron chi connectivity index (χ4n) is 3.71. The first kappa shape index (κ1) is 21.8. The van der Waals surface area contributed by atoms with Crippen LogP contribution in [0, 0.1) is 5.82 Å². The topological polar surface area (TPSA) is 113 Å². The summed E-state index contributed by atoms with van der Waals surface area (Å²) in [5, 5.41) is 18.4. The van der Waals surface area contributed by atoms with E-state index in [1.807, 2.05) is 0 Å². The van der Waals surface area contributed by atoms with Crippen LogP contribution in [0.3, 0.4) is 0 Å². The maximum absolute atomic E-state index is 14.4. The first-order chi connectivity index (χ1) is 14.1. The molecule has 3 N–H and O–H groups in total. The number of aliphatic carboxylic acids is 1. The second-order valence-electron chi connectivity index (χ2n) is 6.72. The summed E-state index contributed by atoms with van der Waals surface area (Å²) in [6.07, 6.45) is 0. The van der Waals surface area contributed by atoms with Crippen molar-refractivity contribution in [2.45, 2.75) is 17.9 Å². The van der Waals surface area contributed by atoms with Gasteiger partial charge in [-0.15, -0.1) is 0 Å². The molecule has 3 rings (SSSR count). The summed E-state index contributed by atoms with van der Waals surface area (Å²) in [5.74, 6) is -1.73. The molecule has 160 valence electrons. The van der Waals surface area contributed by atoms with Crippen molar-refractivity contribution in [1.82, 2.24) is 10.0 Å². The van der Waals surface area contributed by atoms with Gasteiger partial charge < -0.3 is 9.84 Å². The maximum Gasteiger partial charge on any atom is 0.353 e. The minimum atomic E-state index is -3.87. The number of carbonyl (C=O) groups is 1. The Bertz CT molecular complexity index is 1120. The molecular weight excluding hydrogens is 413 g/mol. The van der Waals surface area contributed by atoms with Gasteiger partial charge in [-0.2, -0.15) is 0 Å². The molecule has 1 aliphatic rings. The van der Waals surface area contributed by atoms with Crippen LogP contribution in [0.2, 0.25) is 0 Å². The van der Waals surface area contributed by atoms with Gasteiger partial charge in [0, 0.05) is 19.2 Å². The Labute approximate surface area is 174 Å². The summed E-state index contributed by atoms with van der Waals surface area (Å²) in [6, 6.07) is 9.54. The largest absolute Gasteiger partial charge is 0.494 e. The number of hydrogen-bond acceptors (Lipinski definition) is 6. The molecule has 1 heterocycles. The number of nitrogens with zero attached hydrogens (tertiary/aromatic N) is 2. The molecule has 0 radical (unpaired) electrons. The SMILES string of the molecule is CCN1C(C(=O)O)=C(c2ccc(OC)c(F)c2)C(c2ccc(S(N)(=O)=O)cc2)N1C. The molecule has 2 aromatic rings. The van der Waals surface area contributed by atoms with E-state index in [-0.39, 0.29) is 16.3 Å². The zero-order valence-corrected chi connectivity index (χ0v) is 17.5. The van der Waals surface area contributed by atoms with Gasteiger partial charge in [0.2, 0.25) is 10.0 Å². The highest BCUT2D eigenvalue weighted by Gasteiger charge is 2.40. The predicted octanol–water partition coefficient (Wildman–Crippen LogP) is 2.20. The van der Waals surface area contributed by atoms with Gasteiger partial charge in [0.25, 0.3) is 0 Å². The maximum atomic E-state index is 14.4. The second-order valence-corrected chi connectivity index (χ2v) is 8.28. The minimum Gasteiger partial charge on any atom is -0.494 e. The number of carboxylic acid groups (broad SMARTS) is 1. The van der Waals surface area contributed by atoms with Crippen LogP contribution in [0.25, 0.3) is 5.57 Å². The Morgan fingerprint density at radius 1 is 1.23 bits per heavy atom. The van der Waals surface area contributed by atoms with Crippen LogP contribution in [0.5, 0.6) is 5.75 Å². The molecule has 10 heteroatoms. The van der Waals surface area contributed by atoms with E-state index < -0.39 is 27.9 Å². The average molecular weight is 435 g/mol. The molecule has 0 aromatic heterocycles. The number of benzene rings is 2. The van der Waals surface area contributed by atoms with E-state index in [2.05, 4.69) is 0 Å². The Balaban J connectivity index is 2.22. The standard InChI is InChI=1S/C20H22FN3O5S/c1-4-24-19(20(25)26)17(13-7-10-16(29-3)15(21)11-13)18(23(24)2)12-5-8-14(9-6-12)30(22,27)28/h5-11,18H,4H2,1-3H3,(H,25,26)(H2,22,27,28). The summed E-state index contributed by atoms with van der Waals surface area (Å²) in [5.41, 5.74) is 1.42. The van der Waals surface area contributed by atoms with E-state index >= 15 is 0 Å². The highest BCUT2D eigenvalue weighted by atomic mass is 32.2. The van der Waals surface area contributed by atoms with Gasteiger partial charge >= 0.3 is 5.97 Å². The van der Waals surface area contributed by atoms with Crippen LogP contribution in [0.15, 0.2) is 53.1 Å². The normalized spacial score (nSPS) is 17.5. The number of likely N-dealkylation sites (N-methyl/N-ethyl adjacent to an activating group) is 2. The van der Waals surface area contributed by atoms with Gasteiger partial charge in [-0.25, -0.2) is 27.8 Å². The number of halogens is 1. The van der Waals surface area contributed by atoms with Crippen molar-refractivity contribution in [3.8, 4) is 5.75 Å². The molecule has 0 amide bonds. The van der Waals surface area contributed by atoms with Gasteiger partial charge in [-0.3, -0.25) is 5.01 Å². The van der Waals surface area contributed by atoms with Crippen LogP contribution in [0.4, 0.5) is 4.39 Å². The smallest absolute Gasteiger partial charge is 0.353 e. The molecule has 8 nitrogen and oxygen atoms in total. The highest BCUT2D eigenvalue weighted by Crippen LogP contribution is 2.45. The van der Waals surface area contributed by atoms with E-state index in [1.54, 1.807) is 42.2 Å². The zero-order chi connectivity index (χ0) is 22.2. The van der Waals surface area contributed by atoms with Crippen molar-refractivity contribution in [1.29, 1.82) is 0 Å². The summed E-state index contributed by atoms with van der Waals surface area (Å²) in [4.78, 5) is 12.1. The van der Waals surface area contributed by atoms with Gasteiger partial charge in [-0.05, 0) is 42.3 Å². The number of hydrazine groups is 1. The zero-order valence-electron chi connectivity index (χ0n) is 16.7. The molecule has 30 heavy (non-hydrogen) atoms. The lowest BCUT2D eigenvalue weighted by molar-refractivity contribution is -0.136. The first-order valence-electron chi connectivity index (χ1n) is 9.04. The average Bonchev–Trinajstić information content (AvgIpc) is 2.99. The quantitative estimate of drug-likeness (QED) is 0.715. The Hall–Kier alpha value is -2.95. The molecule has 0 saturated heterocycles. The number of carboxylic acids is 1. The molecule has 0 bridgehead atoms. The van der Waals surface area contributed by atoms with E-state index in [9.17, 15) is 22.7 Å². The second kappa shape index (κ2) is 8.05. The molecule has 2 aromatic carbocycles. The van der Waals surface area contributed by atoms with Gasteiger partial charge in [0.15, 0.2) is 11.6 Å². The third-order valence-corrected chi connectivity index (χ3v) is 5.96. The van der Waals surface area contributed by atoms with Crippen LogP contribution >= 0.6 is 0 Å². The Morgan fingerprint density at radius 2 is 1.87 bits per heavy atom. The number of ether oxygens (including phenoxy) is 1. The lowest BCUT2D eigenvalue weighted by Gasteiger charge is -2.31. The summed E-state index contributed by atoms with van der Waals surface area (Å²) >= 11 is 0. The fourth-order valence-corrected chi connectivity index (χ4v) is 4.23. The van der Waals surface area contributed by atoms with Crippen LogP contribution in [0.1, 0.15) is 24.1 Å². The van der Waals surface area contributed by atoms with Crippen molar-refractivity contribution in [3.63, 3.8) is 0 Å². The lowest BCUT2D eigenvalue weighted by atomic mass is 9.92. The summed E-state index contributed by atoms with van der Waals surface area (Å²) in [7, 11) is -0.804. The molecule has 0 fully saturated rings. The van der Waals surface area contributed by atoms with E-state index in [4.69, 9.17) is 9.88 Å². The number of rotatable bonds is 6. The van der Waals surface area contributed by atoms with Crippen molar-refractivity contribution < 1.29 is 27.4 Å². The first-order valence-corrected chi connectivity index (χ1v) is 10.6. The molecule has 0 spiro atoms. The van der Waals surface area contributed by atoms with Crippen LogP contribution in [-0.4, -0.2) is 50.2 Å². The van der Waals surface area contributed by atoms with Gasteiger partial charge in [0.1, 0.15) is 5.70 Å². The lowest BCUT2D eigenvalue weighted by Crippen LogP contribution is -2.37. The molecule has 1 unspecified atom stereocenters. The van der Waals surface area contributed by atoms with E-state index in [0.29, 0.717) is 23.2 Å². The van der Waals surface area contributed by atoms with Crippen molar-refractivity contribution in [2.75, 3.05) is 20.7 Å². The fraction of sp³-hybridized carbons (Fsp3) is 0.250. The Morgan fingerprint density at radius 3 is 2.33 bits per heavy atom.